The molecule has 1 saturated heterocycles. The van der Waals surface area contributed by atoms with E-state index in [-0.39, 0.29) is 11.1 Å². The zero-order valence-electron chi connectivity index (χ0n) is 19.0. The number of rotatable bonds is 4. The Morgan fingerprint density at radius 3 is 2.42 bits per heavy atom. The van der Waals surface area contributed by atoms with Gasteiger partial charge < -0.3 is 4.90 Å². The zero-order valence-corrected chi connectivity index (χ0v) is 19.0. The van der Waals surface area contributed by atoms with Crippen LogP contribution < -0.4 is 16.0 Å². The van der Waals surface area contributed by atoms with Crippen molar-refractivity contribution in [3.63, 3.8) is 0 Å². The van der Waals surface area contributed by atoms with Crippen LogP contribution in [-0.4, -0.2) is 38.1 Å². The Kier molecular flexibility index (Phi) is 5.20. The van der Waals surface area contributed by atoms with Gasteiger partial charge in [-0.05, 0) is 50.5 Å². The quantitative estimate of drug-likeness (QED) is 0.455. The molecule has 0 spiro atoms. The van der Waals surface area contributed by atoms with Crippen molar-refractivity contribution in [2.24, 2.45) is 12.0 Å². The van der Waals surface area contributed by atoms with Crippen LogP contribution in [0.25, 0.3) is 11.3 Å². The summed E-state index contributed by atoms with van der Waals surface area (Å²) in [6.45, 7) is 5.49. The van der Waals surface area contributed by atoms with Crippen LogP contribution in [0.5, 0.6) is 0 Å². The van der Waals surface area contributed by atoms with Crippen molar-refractivity contribution in [2.45, 2.75) is 26.7 Å². The third-order valence-electron chi connectivity index (χ3n) is 6.32. The van der Waals surface area contributed by atoms with Gasteiger partial charge in [0, 0.05) is 32.5 Å². The number of aliphatic imine (C=N–C) groups is 1. The van der Waals surface area contributed by atoms with Gasteiger partial charge in [0.1, 0.15) is 17.0 Å². The third-order valence-corrected chi connectivity index (χ3v) is 6.32. The Bertz CT molecular complexity index is 1490. The molecule has 8 nitrogen and oxygen atoms in total. The lowest BCUT2D eigenvalue weighted by atomic mass is 10.2. The molecule has 1 aromatic carbocycles. The lowest BCUT2D eigenvalue weighted by Gasteiger charge is -2.19. The van der Waals surface area contributed by atoms with Crippen LogP contribution in [0.3, 0.4) is 0 Å². The second kappa shape index (κ2) is 8.20. The number of pyridine rings is 1. The van der Waals surface area contributed by atoms with Crippen molar-refractivity contribution in [1.29, 1.82) is 0 Å². The number of hydrogen-bond donors (Lipinski definition) is 0. The summed E-state index contributed by atoms with van der Waals surface area (Å²) in [5.41, 5.74) is 3.34. The van der Waals surface area contributed by atoms with Gasteiger partial charge in [-0.2, -0.15) is 0 Å². The molecule has 5 rings (SSSR count). The Hall–Kier alpha value is -3.94. The highest BCUT2D eigenvalue weighted by Gasteiger charge is 2.22. The first kappa shape index (κ1) is 20.9. The molecular weight excluding hydrogens is 416 g/mol. The molecule has 0 amide bonds. The van der Waals surface area contributed by atoms with E-state index in [4.69, 9.17) is 4.98 Å². The topological polar surface area (TPSA) is 76.9 Å². The number of benzene rings is 1. The predicted molar refractivity (Wildman–Crippen MR) is 131 cm³/mol. The van der Waals surface area contributed by atoms with Gasteiger partial charge in [0.2, 0.25) is 0 Å². The van der Waals surface area contributed by atoms with E-state index in [1.807, 2.05) is 63.4 Å². The monoisotopic (exact) mass is 442 g/mol. The smallest absolute Gasteiger partial charge is 0.297 e. The molecular formula is C25H26N6O2. The molecule has 4 aromatic rings. The minimum Gasteiger partial charge on any atom is -0.356 e. The maximum Gasteiger partial charge on any atom is 0.297 e. The fourth-order valence-corrected chi connectivity index (χ4v) is 4.42. The van der Waals surface area contributed by atoms with Crippen LogP contribution >= 0.6 is 0 Å². The number of hydrogen-bond acceptors (Lipinski definition) is 5. The SMILES string of the molecule is Cc1cccn2c(=O)c(C=Nc3c(C)n(C)n(-c4ccccc4)c3=O)c(N3CCCC3)nc12. The van der Waals surface area contributed by atoms with E-state index < -0.39 is 0 Å². The summed E-state index contributed by atoms with van der Waals surface area (Å²) >= 11 is 0. The fourth-order valence-electron chi connectivity index (χ4n) is 4.42. The van der Waals surface area contributed by atoms with Gasteiger partial charge in [-0.15, -0.1) is 0 Å². The van der Waals surface area contributed by atoms with Gasteiger partial charge in [-0.25, -0.2) is 14.7 Å². The summed E-state index contributed by atoms with van der Waals surface area (Å²) in [7, 11) is 1.83. The molecule has 0 atom stereocenters. The van der Waals surface area contributed by atoms with Crippen LogP contribution in [-0.2, 0) is 7.05 Å². The number of aromatic nitrogens is 4. The maximum absolute atomic E-state index is 13.5. The Morgan fingerprint density at radius 1 is 0.970 bits per heavy atom. The summed E-state index contributed by atoms with van der Waals surface area (Å²) in [6.07, 6.45) is 5.35. The van der Waals surface area contributed by atoms with Crippen molar-refractivity contribution in [3.05, 3.63) is 86.2 Å². The summed E-state index contributed by atoms with van der Waals surface area (Å²) in [5.74, 6) is 0.632. The molecule has 0 unspecified atom stereocenters. The molecule has 1 aliphatic heterocycles. The van der Waals surface area contributed by atoms with E-state index in [0.29, 0.717) is 28.4 Å². The molecule has 1 aliphatic rings. The molecule has 3 aromatic heterocycles. The van der Waals surface area contributed by atoms with E-state index in [1.54, 1.807) is 20.0 Å². The molecule has 33 heavy (non-hydrogen) atoms. The van der Waals surface area contributed by atoms with Crippen LogP contribution in [0.4, 0.5) is 11.5 Å². The largest absolute Gasteiger partial charge is 0.356 e. The van der Waals surface area contributed by atoms with Crippen LogP contribution in [0.1, 0.15) is 29.7 Å². The standard InChI is InChI=1S/C25H26N6O2/c1-17-10-9-15-30-22(17)27-23(29-13-7-8-14-29)20(24(30)32)16-26-21-18(2)28(3)31(25(21)33)19-11-5-4-6-12-19/h4-6,9-12,15-16H,7-8,13-14H2,1-3H3. The number of fused-ring (bicyclic) bond motifs is 1. The Morgan fingerprint density at radius 2 is 1.70 bits per heavy atom. The van der Waals surface area contributed by atoms with Gasteiger partial charge >= 0.3 is 0 Å². The van der Waals surface area contributed by atoms with Gasteiger partial charge in [0.15, 0.2) is 5.69 Å². The molecule has 0 radical (unpaired) electrons. The number of aryl methyl sites for hydroxylation is 1. The Balaban J connectivity index is 1.68. The normalized spacial score (nSPS) is 14.1. The predicted octanol–water partition coefficient (Wildman–Crippen LogP) is 3.15. The average Bonchev–Trinajstić information content (AvgIpc) is 3.42. The van der Waals surface area contributed by atoms with Gasteiger partial charge in [0.05, 0.1) is 11.4 Å². The minimum atomic E-state index is -0.232. The van der Waals surface area contributed by atoms with Crippen molar-refractivity contribution in [1.82, 2.24) is 18.7 Å². The molecule has 168 valence electrons. The highest BCUT2D eigenvalue weighted by molar-refractivity contribution is 5.88. The average molecular weight is 443 g/mol. The summed E-state index contributed by atoms with van der Waals surface area (Å²) < 4.78 is 4.91. The first-order valence-electron chi connectivity index (χ1n) is 11.1. The van der Waals surface area contributed by atoms with Crippen LogP contribution in [0, 0.1) is 13.8 Å². The van der Waals surface area contributed by atoms with Gasteiger partial charge in [-0.3, -0.25) is 18.7 Å². The molecule has 8 heteroatoms. The molecule has 4 heterocycles. The number of para-hydroxylation sites is 1. The van der Waals surface area contributed by atoms with E-state index in [2.05, 4.69) is 9.89 Å². The first-order chi connectivity index (χ1) is 16.0. The van der Waals surface area contributed by atoms with Crippen molar-refractivity contribution >= 4 is 23.4 Å². The van der Waals surface area contributed by atoms with Crippen molar-refractivity contribution < 1.29 is 0 Å². The van der Waals surface area contributed by atoms with Crippen molar-refractivity contribution in [3.8, 4) is 5.69 Å². The molecule has 1 fully saturated rings. The lowest BCUT2D eigenvalue weighted by Crippen LogP contribution is -2.28. The first-order valence-corrected chi connectivity index (χ1v) is 11.1. The summed E-state index contributed by atoms with van der Waals surface area (Å²) in [5, 5.41) is 0. The van der Waals surface area contributed by atoms with E-state index in [9.17, 15) is 9.59 Å². The Labute approximate surface area is 191 Å². The van der Waals surface area contributed by atoms with Gasteiger partial charge in [-0.1, -0.05) is 24.3 Å². The van der Waals surface area contributed by atoms with Gasteiger partial charge in [0.25, 0.3) is 11.1 Å². The van der Waals surface area contributed by atoms with E-state index >= 15 is 0 Å². The lowest BCUT2D eigenvalue weighted by molar-refractivity contribution is 0.630. The number of nitrogens with zero attached hydrogens (tertiary/aromatic N) is 6. The highest BCUT2D eigenvalue weighted by Crippen LogP contribution is 2.22. The fraction of sp³-hybridized carbons (Fsp3) is 0.280. The number of anilines is 1. The maximum atomic E-state index is 13.5. The molecule has 0 saturated carbocycles. The molecule has 0 bridgehead atoms. The second-order valence-corrected chi connectivity index (χ2v) is 8.40. The third kappa shape index (κ3) is 3.47. The van der Waals surface area contributed by atoms with E-state index in [0.717, 1.165) is 37.2 Å². The highest BCUT2D eigenvalue weighted by atomic mass is 16.1. The molecule has 0 aliphatic carbocycles. The summed E-state index contributed by atoms with van der Waals surface area (Å²) in [4.78, 5) is 38.2. The van der Waals surface area contributed by atoms with Crippen LogP contribution in [0.15, 0.2) is 63.2 Å². The zero-order chi connectivity index (χ0) is 23.1. The minimum absolute atomic E-state index is 0.189. The van der Waals surface area contributed by atoms with Crippen LogP contribution in [0.2, 0.25) is 0 Å². The molecule has 0 N–H and O–H groups in total. The van der Waals surface area contributed by atoms with Crippen molar-refractivity contribution in [2.75, 3.05) is 18.0 Å². The summed E-state index contributed by atoms with van der Waals surface area (Å²) in [6, 6.07) is 13.2. The van der Waals surface area contributed by atoms with E-state index in [1.165, 1.54) is 6.21 Å². The second-order valence-electron chi connectivity index (χ2n) is 8.40.